The number of nitrogens with one attached hydrogen (secondary N) is 1. The number of ether oxygens (including phenoxy) is 1. The minimum atomic E-state index is -0.182. The normalized spacial score (nSPS) is 12.2. The standard InChI is InChI=1S/C18H22FNO/c1-5-21-17-9-6-12(2)10-15(17)18(20-4)14-8-7-13(3)16(19)11-14/h6-11,18,20H,5H2,1-4H3. The minimum absolute atomic E-state index is 0.0958. The van der Waals surface area contributed by atoms with E-state index in [0.29, 0.717) is 12.2 Å². The molecular weight excluding hydrogens is 265 g/mol. The van der Waals surface area contributed by atoms with E-state index in [1.165, 1.54) is 0 Å². The maximum Gasteiger partial charge on any atom is 0.126 e. The largest absolute Gasteiger partial charge is 0.494 e. The molecule has 2 aromatic carbocycles. The van der Waals surface area contributed by atoms with Crippen LogP contribution in [-0.2, 0) is 0 Å². The fourth-order valence-electron chi connectivity index (χ4n) is 2.47. The van der Waals surface area contributed by atoms with E-state index in [1.807, 2.05) is 45.2 Å². The van der Waals surface area contributed by atoms with Crippen LogP contribution in [0, 0.1) is 19.7 Å². The molecule has 0 aliphatic carbocycles. The quantitative estimate of drug-likeness (QED) is 0.892. The summed E-state index contributed by atoms with van der Waals surface area (Å²) in [6, 6.07) is 11.3. The lowest BCUT2D eigenvalue weighted by atomic mass is 9.95. The van der Waals surface area contributed by atoms with Gasteiger partial charge in [-0.3, -0.25) is 0 Å². The molecular formula is C18H22FNO. The first kappa shape index (κ1) is 15.5. The average molecular weight is 287 g/mol. The van der Waals surface area contributed by atoms with E-state index in [9.17, 15) is 4.39 Å². The van der Waals surface area contributed by atoms with Crippen molar-refractivity contribution in [1.82, 2.24) is 5.32 Å². The van der Waals surface area contributed by atoms with Gasteiger partial charge in [-0.1, -0.05) is 29.8 Å². The van der Waals surface area contributed by atoms with Crippen molar-refractivity contribution in [2.75, 3.05) is 13.7 Å². The summed E-state index contributed by atoms with van der Waals surface area (Å²) in [5.41, 5.74) is 3.74. The van der Waals surface area contributed by atoms with Crippen molar-refractivity contribution >= 4 is 0 Å². The zero-order valence-electron chi connectivity index (χ0n) is 13.0. The van der Waals surface area contributed by atoms with Gasteiger partial charge in [-0.05, 0) is 51.1 Å². The van der Waals surface area contributed by atoms with Gasteiger partial charge in [0.25, 0.3) is 0 Å². The Kier molecular flexibility index (Phi) is 4.97. The summed E-state index contributed by atoms with van der Waals surface area (Å²) in [4.78, 5) is 0. The number of benzene rings is 2. The SMILES string of the molecule is CCOc1ccc(C)cc1C(NC)c1ccc(C)c(F)c1. The number of hydrogen-bond acceptors (Lipinski definition) is 2. The summed E-state index contributed by atoms with van der Waals surface area (Å²) in [5.74, 6) is 0.654. The highest BCUT2D eigenvalue weighted by atomic mass is 19.1. The molecule has 0 fully saturated rings. The molecule has 2 aromatic rings. The molecule has 1 N–H and O–H groups in total. The minimum Gasteiger partial charge on any atom is -0.494 e. The second-order valence-electron chi connectivity index (χ2n) is 5.20. The van der Waals surface area contributed by atoms with Crippen LogP contribution in [0.1, 0.15) is 35.2 Å². The summed E-state index contributed by atoms with van der Waals surface area (Å²) in [7, 11) is 1.88. The van der Waals surface area contributed by atoms with Crippen LogP contribution in [0.15, 0.2) is 36.4 Å². The maximum absolute atomic E-state index is 13.9. The molecule has 0 amide bonds. The predicted molar refractivity (Wildman–Crippen MR) is 84.4 cm³/mol. The molecule has 1 atom stereocenters. The second kappa shape index (κ2) is 6.72. The molecule has 3 heteroatoms. The zero-order valence-corrected chi connectivity index (χ0v) is 13.0. The van der Waals surface area contributed by atoms with Gasteiger partial charge in [0.2, 0.25) is 0 Å². The predicted octanol–water partition coefficient (Wildman–Crippen LogP) is 4.15. The van der Waals surface area contributed by atoms with Crippen LogP contribution in [-0.4, -0.2) is 13.7 Å². The molecule has 0 spiro atoms. The van der Waals surface area contributed by atoms with Crippen LogP contribution in [0.4, 0.5) is 4.39 Å². The Morgan fingerprint density at radius 2 is 1.90 bits per heavy atom. The molecule has 0 radical (unpaired) electrons. The number of aryl methyl sites for hydroxylation is 2. The van der Waals surface area contributed by atoms with Gasteiger partial charge in [0.1, 0.15) is 11.6 Å². The Hall–Kier alpha value is -1.87. The van der Waals surface area contributed by atoms with E-state index in [1.54, 1.807) is 13.0 Å². The second-order valence-corrected chi connectivity index (χ2v) is 5.20. The molecule has 0 heterocycles. The van der Waals surface area contributed by atoms with Gasteiger partial charge in [0, 0.05) is 5.56 Å². The third kappa shape index (κ3) is 3.42. The van der Waals surface area contributed by atoms with Gasteiger partial charge in [-0.2, -0.15) is 0 Å². The topological polar surface area (TPSA) is 21.3 Å². The van der Waals surface area contributed by atoms with Crippen molar-refractivity contribution < 1.29 is 9.13 Å². The van der Waals surface area contributed by atoms with Crippen LogP contribution < -0.4 is 10.1 Å². The molecule has 21 heavy (non-hydrogen) atoms. The highest BCUT2D eigenvalue weighted by Gasteiger charge is 2.18. The van der Waals surface area contributed by atoms with Crippen molar-refractivity contribution in [2.45, 2.75) is 26.8 Å². The number of rotatable bonds is 5. The van der Waals surface area contributed by atoms with Gasteiger partial charge in [-0.25, -0.2) is 4.39 Å². The van der Waals surface area contributed by atoms with E-state index in [-0.39, 0.29) is 11.9 Å². The molecule has 0 aliphatic rings. The molecule has 0 saturated heterocycles. The molecule has 2 rings (SSSR count). The van der Waals surface area contributed by atoms with Crippen molar-refractivity contribution in [3.63, 3.8) is 0 Å². The van der Waals surface area contributed by atoms with Crippen molar-refractivity contribution in [3.05, 3.63) is 64.5 Å². The fraction of sp³-hybridized carbons (Fsp3) is 0.333. The molecule has 0 bridgehead atoms. The number of halogens is 1. The Balaban J connectivity index is 2.49. The third-order valence-electron chi connectivity index (χ3n) is 3.59. The van der Waals surface area contributed by atoms with E-state index >= 15 is 0 Å². The lowest BCUT2D eigenvalue weighted by Gasteiger charge is -2.21. The highest BCUT2D eigenvalue weighted by molar-refractivity contribution is 5.44. The fourth-order valence-corrected chi connectivity index (χ4v) is 2.47. The van der Waals surface area contributed by atoms with Crippen LogP contribution in [0.3, 0.4) is 0 Å². The zero-order chi connectivity index (χ0) is 15.4. The van der Waals surface area contributed by atoms with E-state index in [0.717, 1.165) is 22.4 Å². The first-order valence-corrected chi connectivity index (χ1v) is 7.23. The molecule has 2 nitrogen and oxygen atoms in total. The summed E-state index contributed by atoms with van der Waals surface area (Å²) >= 11 is 0. The van der Waals surface area contributed by atoms with Crippen LogP contribution in [0.25, 0.3) is 0 Å². The monoisotopic (exact) mass is 287 g/mol. The average Bonchev–Trinajstić information content (AvgIpc) is 2.46. The van der Waals surface area contributed by atoms with Gasteiger partial charge >= 0.3 is 0 Å². The Labute approximate surface area is 126 Å². The summed E-state index contributed by atoms with van der Waals surface area (Å²) in [6.07, 6.45) is 0. The lowest BCUT2D eigenvalue weighted by Crippen LogP contribution is -2.19. The Morgan fingerprint density at radius 1 is 1.14 bits per heavy atom. The Bertz CT molecular complexity index is 625. The smallest absolute Gasteiger partial charge is 0.126 e. The van der Waals surface area contributed by atoms with Crippen LogP contribution in [0.5, 0.6) is 5.75 Å². The van der Waals surface area contributed by atoms with Gasteiger partial charge in [0.15, 0.2) is 0 Å². The van der Waals surface area contributed by atoms with Crippen molar-refractivity contribution in [3.8, 4) is 5.75 Å². The maximum atomic E-state index is 13.9. The summed E-state index contributed by atoms with van der Waals surface area (Å²) < 4.78 is 19.6. The van der Waals surface area contributed by atoms with Gasteiger partial charge in [-0.15, -0.1) is 0 Å². The molecule has 0 saturated carbocycles. The van der Waals surface area contributed by atoms with E-state index in [2.05, 4.69) is 11.4 Å². The van der Waals surface area contributed by atoms with Crippen molar-refractivity contribution in [2.24, 2.45) is 0 Å². The molecule has 112 valence electrons. The highest BCUT2D eigenvalue weighted by Crippen LogP contribution is 2.31. The number of hydrogen-bond donors (Lipinski definition) is 1. The summed E-state index contributed by atoms with van der Waals surface area (Å²) in [5, 5.41) is 3.26. The first-order chi connectivity index (χ1) is 10.1. The van der Waals surface area contributed by atoms with Crippen molar-refractivity contribution in [1.29, 1.82) is 0 Å². The summed E-state index contributed by atoms with van der Waals surface area (Å²) in [6.45, 7) is 6.38. The molecule has 0 aliphatic heterocycles. The van der Waals surface area contributed by atoms with Crippen LogP contribution in [0.2, 0.25) is 0 Å². The van der Waals surface area contributed by atoms with Crippen LogP contribution >= 0.6 is 0 Å². The van der Waals surface area contributed by atoms with Gasteiger partial charge < -0.3 is 10.1 Å². The third-order valence-corrected chi connectivity index (χ3v) is 3.59. The lowest BCUT2D eigenvalue weighted by molar-refractivity contribution is 0.334. The molecule has 0 aromatic heterocycles. The van der Waals surface area contributed by atoms with E-state index in [4.69, 9.17) is 4.74 Å². The first-order valence-electron chi connectivity index (χ1n) is 7.23. The van der Waals surface area contributed by atoms with E-state index < -0.39 is 0 Å². The van der Waals surface area contributed by atoms with Gasteiger partial charge in [0.05, 0.1) is 12.6 Å². The Morgan fingerprint density at radius 3 is 2.52 bits per heavy atom. The molecule has 1 unspecified atom stereocenters.